The van der Waals surface area contributed by atoms with Crippen molar-refractivity contribution in [3.05, 3.63) is 70.2 Å². The summed E-state index contributed by atoms with van der Waals surface area (Å²) in [6.07, 6.45) is 3.36. The molecule has 2 aromatic carbocycles. The zero-order chi connectivity index (χ0) is 13.7. The van der Waals surface area contributed by atoms with Crippen molar-refractivity contribution in [2.75, 3.05) is 7.11 Å². The molecule has 0 heterocycles. The van der Waals surface area contributed by atoms with Gasteiger partial charge in [-0.05, 0) is 35.9 Å². The van der Waals surface area contributed by atoms with Crippen LogP contribution in [0.5, 0.6) is 5.75 Å². The van der Waals surface area contributed by atoms with Crippen LogP contribution in [0.3, 0.4) is 0 Å². The average Bonchev–Trinajstić information content (AvgIpc) is 2.46. The van der Waals surface area contributed by atoms with Crippen molar-refractivity contribution in [3.8, 4) is 5.75 Å². The molecule has 0 aromatic heterocycles. The molecule has 0 saturated heterocycles. The van der Waals surface area contributed by atoms with E-state index in [2.05, 4.69) is 15.9 Å². The van der Waals surface area contributed by atoms with Crippen LogP contribution in [-0.2, 0) is 0 Å². The Morgan fingerprint density at radius 2 is 1.95 bits per heavy atom. The summed E-state index contributed by atoms with van der Waals surface area (Å²) >= 11 is 3.44. The van der Waals surface area contributed by atoms with Gasteiger partial charge in [-0.25, -0.2) is 0 Å². The van der Waals surface area contributed by atoms with E-state index in [0.29, 0.717) is 11.3 Å². The number of benzene rings is 2. The molecule has 0 aliphatic carbocycles. The van der Waals surface area contributed by atoms with E-state index in [1.807, 2.05) is 30.3 Å². The first-order chi connectivity index (χ1) is 9.20. The first-order valence-corrected chi connectivity index (χ1v) is 6.61. The molecule has 19 heavy (non-hydrogen) atoms. The van der Waals surface area contributed by atoms with E-state index in [1.54, 1.807) is 37.5 Å². The number of ketones is 1. The second-order valence-electron chi connectivity index (χ2n) is 3.95. The fourth-order valence-corrected chi connectivity index (χ4v) is 2.07. The van der Waals surface area contributed by atoms with E-state index in [4.69, 9.17) is 4.74 Å². The first-order valence-electron chi connectivity index (χ1n) is 5.81. The van der Waals surface area contributed by atoms with Crippen molar-refractivity contribution in [1.29, 1.82) is 0 Å². The molecular weight excluding hydrogens is 304 g/mol. The van der Waals surface area contributed by atoms with E-state index in [-0.39, 0.29) is 5.78 Å². The molecule has 0 saturated carbocycles. The highest BCUT2D eigenvalue weighted by Crippen LogP contribution is 2.18. The number of hydrogen-bond donors (Lipinski definition) is 0. The molecule has 0 N–H and O–H groups in total. The highest BCUT2D eigenvalue weighted by atomic mass is 79.9. The summed E-state index contributed by atoms with van der Waals surface area (Å²) in [5, 5.41) is 0. The molecule has 0 radical (unpaired) electrons. The molecule has 2 rings (SSSR count). The number of methoxy groups -OCH3 is 1. The van der Waals surface area contributed by atoms with Crippen LogP contribution in [0.15, 0.2) is 59.1 Å². The van der Waals surface area contributed by atoms with Crippen LogP contribution in [-0.4, -0.2) is 12.9 Å². The van der Waals surface area contributed by atoms with Gasteiger partial charge in [0.1, 0.15) is 5.75 Å². The zero-order valence-electron chi connectivity index (χ0n) is 10.5. The molecule has 0 spiro atoms. The summed E-state index contributed by atoms with van der Waals surface area (Å²) in [7, 11) is 1.58. The van der Waals surface area contributed by atoms with Crippen molar-refractivity contribution in [2.24, 2.45) is 0 Å². The lowest BCUT2D eigenvalue weighted by molar-refractivity contribution is 0.104. The van der Waals surface area contributed by atoms with Crippen LogP contribution in [0.1, 0.15) is 15.9 Å². The lowest BCUT2D eigenvalue weighted by atomic mass is 10.1. The number of halogens is 1. The van der Waals surface area contributed by atoms with Crippen molar-refractivity contribution in [1.82, 2.24) is 0 Å². The van der Waals surface area contributed by atoms with Gasteiger partial charge in [0.15, 0.2) is 5.78 Å². The monoisotopic (exact) mass is 316 g/mol. The molecule has 0 amide bonds. The SMILES string of the molecule is COc1cccc(C(=O)/C=C/c2ccccc2Br)c1. The third-order valence-corrected chi connectivity index (χ3v) is 3.40. The van der Waals surface area contributed by atoms with E-state index in [9.17, 15) is 4.79 Å². The second kappa shape index (κ2) is 6.34. The summed E-state index contributed by atoms with van der Waals surface area (Å²) in [5.41, 5.74) is 1.58. The normalized spacial score (nSPS) is 10.6. The van der Waals surface area contributed by atoms with Gasteiger partial charge in [-0.15, -0.1) is 0 Å². The maximum absolute atomic E-state index is 12.0. The summed E-state index contributed by atoms with van der Waals surface area (Å²) in [6.45, 7) is 0. The number of rotatable bonds is 4. The number of allylic oxidation sites excluding steroid dienone is 1. The minimum Gasteiger partial charge on any atom is -0.497 e. The predicted octanol–water partition coefficient (Wildman–Crippen LogP) is 4.35. The standard InChI is InChI=1S/C16H13BrO2/c1-19-14-7-4-6-13(11-14)16(18)10-9-12-5-2-3-8-15(12)17/h2-11H,1H3/b10-9+. The van der Waals surface area contributed by atoms with Gasteiger partial charge in [0.05, 0.1) is 7.11 Å². The molecular formula is C16H13BrO2. The number of ether oxygens (including phenoxy) is 1. The lowest BCUT2D eigenvalue weighted by Gasteiger charge is -2.01. The Balaban J connectivity index is 2.19. The van der Waals surface area contributed by atoms with Crippen molar-refractivity contribution < 1.29 is 9.53 Å². The summed E-state index contributed by atoms with van der Waals surface area (Å²) in [5.74, 6) is 0.634. The first kappa shape index (κ1) is 13.6. The van der Waals surface area contributed by atoms with Gasteiger partial charge in [0.25, 0.3) is 0 Å². The maximum atomic E-state index is 12.0. The van der Waals surface area contributed by atoms with Crippen LogP contribution in [0.2, 0.25) is 0 Å². The van der Waals surface area contributed by atoms with E-state index in [0.717, 1.165) is 10.0 Å². The van der Waals surface area contributed by atoms with Crippen molar-refractivity contribution >= 4 is 27.8 Å². The Hall–Kier alpha value is -1.87. The van der Waals surface area contributed by atoms with Crippen LogP contribution >= 0.6 is 15.9 Å². The van der Waals surface area contributed by atoms with Gasteiger partial charge in [0, 0.05) is 10.0 Å². The van der Waals surface area contributed by atoms with Crippen molar-refractivity contribution in [2.45, 2.75) is 0 Å². The van der Waals surface area contributed by atoms with Gasteiger partial charge in [0.2, 0.25) is 0 Å². The number of hydrogen-bond acceptors (Lipinski definition) is 2. The Morgan fingerprint density at radius 3 is 2.68 bits per heavy atom. The Morgan fingerprint density at radius 1 is 1.16 bits per heavy atom. The molecule has 0 aliphatic rings. The molecule has 0 fully saturated rings. The minimum absolute atomic E-state index is 0.0466. The van der Waals surface area contributed by atoms with E-state index in [1.165, 1.54) is 0 Å². The second-order valence-corrected chi connectivity index (χ2v) is 4.81. The van der Waals surface area contributed by atoms with E-state index >= 15 is 0 Å². The lowest BCUT2D eigenvalue weighted by Crippen LogP contribution is -1.94. The Labute approximate surface area is 120 Å². The molecule has 0 aliphatic heterocycles. The van der Waals surface area contributed by atoms with Gasteiger partial charge in [-0.2, -0.15) is 0 Å². The van der Waals surface area contributed by atoms with E-state index < -0.39 is 0 Å². The Bertz CT molecular complexity index is 618. The molecule has 0 bridgehead atoms. The van der Waals surface area contributed by atoms with Gasteiger partial charge >= 0.3 is 0 Å². The number of carbonyl (C=O) groups excluding carboxylic acids is 1. The van der Waals surface area contributed by atoms with Gasteiger partial charge < -0.3 is 4.74 Å². The van der Waals surface area contributed by atoms with Crippen LogP contribution < -0.4 is 4.74 Å². The molecule has 3 heteroatoms. The zero-order valence-corrected chi connectivity index (χ0v) is 12.1. The molecule has 2 nitrogen and oxygen atoms in total. The third kappa shape index (κ3) is 3.55. The highest BCUT2D eigenvalue weighted by molar-refractivity contribution is 9.10. The fraction of sp³-hybridized carbons (Fsp3) is 0.0625. The van der Waals surface area contributed by atoms with Gasteiger partial charge in [-0.3, -0.25) is 4.79 Å². The molecule has 2 aromatic rings. The molecule has 0 atom stereocenters. The highest BCUT2D eigenvalue weighted by Gasteiger charge is 2.03. The Kier molecular flexibility index (Phi) is 4.53. The summed E-state index contributed by atoms with van der Waals surface area (Å²) in [6, 6.07) is 14.9. The third-order valence-electron chi connectivity index (χ3n) is 2.67. The maximum Gasteiger partial charge on any atom is 0.185 e. The largest absolute Gasteiger partial charge is 0.497 e. The van der Waals surface area contributed by atoms with Gasteiger partial charge in [-0.1, -0.05) is 46.3 Å². The average molecular weight is 317 g/mol. The number of carbonyl (C=O) groups is 1. The van der Waals surface area contributed by atoms with Crippen LogP contribution in [0, 0.1) is 0 Å². The quantitative estimate of drug-likeness (QED) is 0.619. The summed E-state index contributed by atoms with van der Waals surface area (Å²) in [4.78, 5) is 12.0. The molecule has 0 unspecified atom stereocenters. The minimum atomic E-state index is -0.0466. The molecule has 96 valence electrons. The van der Waals surface area contributed by atoms with Crippen LogP contribution in [0.25, 0.3) is 6.08 Å². The van der Waals surface area contributed by atoms with Crippen LogP contribution in [0.4, 0.5) is 0 Å². The summed E-state index contributed by atoms with van der Waals surface area (Å²) < 4.78 is 6.07. The smallest absolute Gasteiger partial charge is 0.185 e. The predicted molar refractivity (Wildman–Crippen MR) is 80.5 cm³/mol. The fourth-order valence-electron chi connectivity index (χ4n) is 1.65. The topological polar surface area (TPSA) is 26.3 Å². The van der Waals surface area contributed by atoms with Crippen molar-refractivity contribution in [3.63, 3.8) is 0 Å².